The largest absolute Gasteiger partial charge is 0.300 e. The summed E-state index contributed by atoms with van der Waals surface area (Å²) in [5.74, 6) is 1.81. The van der Waals surface area contributed by atoms with Gasteiger partial charge in [0.15, 0.2) is 0 Å². The van der Waals surface area contributed by atoms with Crippen LogP contribution in [-0.2, 0) is 4.79 Å². The first kappa shape index (κ1) is 6.79. The van der Waals surface area contributed by atoms with E-state index in [0.717, 1.165) is 12.8 Å². The van der Waals surface area contributed by atoms with Crippen LogP contribution in [0.25, 0.3) is 0 Å². The molecule has 1 rings (SSSR count). The maximum Gasteiger partial charge on any atom is 0.133 e. The van der Waals surface area contributed by atoms with Gasteiger partial charge in [0.1, 0.15) is 5.78 Å². The van der Waals surface area contributed by atoms with Crippen LogP contribution in [0.4, 0.5) is 0 Å². The number of hydrogen-bond donors (Lipinski definition) is 0. The Balaban J connectivity index is 2.47. The number of rotatable bonds is 1. The molecule has 0 spiro atoms. The van der Waals surface area contributed by atoms with E-state index < -0.39 is 0 Å². The minimum absolute atomic E-state index is 0.467. The third-order valence-electron chi connectivity index (χ3n) is 2.37. The van der Waals surface area contributed by atoms with Crippen LogP contribution in [0.3, 0.4) is 0 Å². The highest BCUT2D eigenvalue weighted by molar-refractivity contribution is 5.81. The zero-order valence-corrected chi connectivity index (χ0v) is 6.18. The molecule has 1 saturated carbocycles. The summed E-state index contributed by atoms with van der Waals surface area (Å²) < 4.78 is 0. The molecule has 0 aromatic carbocycles. The van der Waals surface area contributed by atoms with Crippen LogP contribution in [0.5, 0.6) is 0 Å². The summed E-state index contributed by atoms with van der Waals surface area (Å²) in [5, 5.41) is 0. The smallest absolute Gasteiger partial charge is 0.133 e. The lowest BCUT2D eigenvalue weighted by Gasteiger charge is -2.08. The number of ketones is 1. The standard InChI is InChI=1S/C8H14O/c1-3-7-5-8(9)4-6(7)2/h6-7H,3-5H2,1-2H3/t6-,7?/m1/s1. The van der Waals surface area contributed by atoms with E-state index in [1.54, 1.807) is 0 Å². The van der Waals surface area contributed by atoms with Crippen LogP contribution >= 0.6 is 0 Å². The SMILES string of the molecule is CCC1CC(=O)C[C@H]1C. The Bertz CT molecular complexity index is 118. The van der Waals surface area contributed by atoms with Crippen molar-refractivity contribution in [2.45, 2.75) is 33.1 Å². The molecular formula is C8H14O. The van der Waals surface area contributed by atoms with Gasteiger partial charge >= 0.3 is 0 Å². The fourth-order valence-electron chi connectivity index (χ4n) is 1.65. The number of Topliss-reactive ketones (excluding diaryl/α,β-unsaturated/α-hetero) is 1. The Morgan fingerprint density at radius 1 is 1.56 bits per heavy atom. The molecule has 0 aromatic rings. The highest BCUT2D eigenvalue weighted by Crippen LogP contribution is 2.30. The van der Waals surface area contributed by atoms with Crippen molar-refractivity contribution in [2.75, 3.05) is 0 Å². The molecule has 1 fully saturated rings. The molecule has 0 heterocycles. The molecule has 2 atom stereocenters. The van der Waals surface area contributed by atoms with Gasteiger partial charge in [0, 0.05) is 12.8 Å². The molecule has 0 aromatic heterocycles. The predicted molar refractivity (Wildman–Crippen MR) is 37.2 cm³/mol. The van der Waals surface area contributed by atoms with E-state index >= 15 is 0 Å². The van der Waals surface area contributed by atoms with Gasteiger partial charge in [-0.25, -0.2) is 0 Å². The summed E-state index contributed by atoms with van der Waals surface area (Å²) in [7, 11) is 0. The fourth-order valence-corrected chi connectivity index (χ4v) is 1.65. The van der Waals surface area contributed by atoms with E-state index in [0.29, 0.717) is 17.6 Å². The van der Waals surface area contributed by atoms with Crippen LogP contribution in [0.1, 0.15) is 33.1 Å². The summed E-state index contributed by atoms with van der Waals surface area (Å²) in [6.07, 6.45) is 2.85. The van der Waals surface area contributed by atoms with Crippen LogP contribution in [0.15, 0.2) is 0 Å². The number of carbonyl (C=O) groups excluding carboxylic acids is 1. The quantitative estimate of drug-likeness (QED) is 0.525. The molecule has 1 nitrogen and oxygen atoms in total. The molecule has 0 saturated heterocycles. The average Bonchev–Trinajstić information content (AvgIpc) is 2.10. The van der Waals surface area contributed by atoms with Gasteiger partial charge in [-0.2, -0.15) is 0 Å². The zero-order valence-electron chi connectivity index (χ0n) is 6.18. The van der Waals surface area contributed by atoms with E-state index in [9.17, 15) is 4.79 Å². The summed E-state index contributed by atoms with van der Waals surface area (Å²) in [6, 6.07) is 0. The molecule has 0 N–H and O–H groups in total. The van der Waals surface area contributed by atoms with E-state index in [1.807, 2.05) is 0 Å². The lowest BCUT2D eigenvalue weighted by atomic mass is 9.96. The van der Waals surface area contributed by atoms with Crippen molar-refractivity contribution >= 4 is 5.78 Å². The lowest BCUT2D eigenvalue weighted by molar-refractivity contribution is -0.117. The summed E-state index contributed by atoms with van der Waals surface area (Å²) in [4.78, 5) is 10.8. The van der Waals surface area contributed by atoms with Gasteiger partial charge in [0.2, 0.25) is 0 Å². The number of carbonyl (C=O) groups is 1. The van der Waals surface area contributed by atoms with Gasteiger partial charge < -0.3 is 0 Å². The van der Waals surface area contributed by atoms with Gasteiger partial charge in [0.25, 0.3) is 0 Å². The molecule has 0 bridgehead atoms. The van der Waals surface area contributed by atoms with Crippen LogP contribution in [-0.4, -0.2) is 5.78 Å². The van der Waals surface area contributed by atoms with Crippen molar-refractivity contribution in [3.63, 3.8) is 0 Å². The normalized spacial score (nSPS) is 35.6. The average molecular weight is 126 g/mol. The zero-order chi connectivity index (χ0) is 6.85. The van der Waals surface area contributed by atoms with Gasteiger partial charge in [-0.05, 0) is 11.8 Å². The Labute approximate surface area is 56.4 Å². The monoisotopic (exact) mass is 126 g/mol. The van der Waals surface area contributed by atoms with Crippen molar-refractivity contribution in [1.29, 1.82) is 0 Å². The Morgan fingerprint density at radius 2 is 2.22 bits per heavy atom. The summed E-state index contributed by atoms with van der Waals surface area (Å²) in [6.45, 7) is 4.35. The Kier molecular flexibility index (Phi) is 1.89. The highest BCUT2D eigenvalue weighted by atomic mass is 16.1. The Morgan fingerprint density at radius 3 is 2.44 bits per heavy atom. The molecule has 52 valence electrons. The van der Waals surface area contributed by atoms with Crippen molar-refractivity contribution < 1.29 is 4.79 Å². The first-order valence-electron chi connectivity index (χ1n) is 3.75. The van der Waals surface area contributed by atoms with E-state index in [-0.39, 0.29) is 0 Å². The first-order chi connectivity index (χ1) is 4.24. The van der Waals surface area contributed by atoms with E-state index in [2.05, 4.69) is 13.8 Å². The van der Waals surface area contributed by atoms with Crippen molar-refractivity contribution in [2.24, 2.45) is 11.8 Å². The van der Waals surface area contributed by atoms with E-state index in [1.165, 1.54) is 6.42 Å². The van der Waals surface area contributed by atoms with Gasteiger partial charge in [-0.1, -0.05) is 20.3 Å². The predicted octanol–water partition coefficient (Wildman–Crippen LogP) is 2.01. The second-order valence-corrected chi connectivity index (χ2v) is 3.09. The molecule has 0 radical (unpaired) electrons. The molecule has 1 heteroatoms. The molecular weight excluding hydrogens is 112 g/mol. The van der Waals surface area contributed by atoms with Crippen molar-refractivity contribution in [3.8, 4) is 0 Å². The van der Waals surface area contributed by atoms with Gasteiger partial charge in [0.05, 0.1) is 0 Å². The Hall–Kier alpha value is -0.330. The third kappa shape index (κ3) is 1.32. The summed E-state index contributed by atoms with van der Waals surface area (Å²) >= 11 is 0. The molecule has 1 aliphatic carbocycles. The fraction of sp³-hybridized carbons (Fsp3) is 0.875. The minimum atomic E-state index is 0.467. The van der Waals surface area contributed by atoms with Gasteiger partial charge in [-0.15, -0.1) is 0 Å². The molecule has 0 aliphatic heterocycles. The van der Waals surface area contributed by atoms with Crippen LogP contribution in [0.2, 0.25) is 0 Å². The lowest BCUT2D eigenvalue weighted by Crippen LogP contribution is -2.00. The first-order valence-corrected chi connectivity index (χ1v) is 3.75. The molecule has 9 heavy (non-hydrogen) atoms. The van der Waals surface area contributed by atoms with Crippen LogP contribution < -0.4 is 0 Å². The van der Waals surface area contributed by atoms with Gasteiger partial charge in [-0.3, -0.25) is 4.79 Å². The maximum absolute atomic E-state index is 10.8. The summed E-state index contributed by atoms with van der Waals surface area (Å²) in [5.41, 5.74) is 0. The molecule has 1 aliphatic rings. The molecule has 1 unspecified atom stereocenters. The molecule has 0 amide bonds. The highest BCUT2D eigenvalue weighted by Gasteiger charge is 2.27. The second-order valence-electron chi connectivity index (χ2n) is 3.09. The topological polar surface area (TPSA) is 17.1 Å². The maximum atomic E-state index is 10.8. The second kappa shape index (κ2) is 2.51. The van der Waals surface area contributed by atoms with E-state index in [4.69, 9.17) is 0 Å². The third-order valence-corrected chi connectivity index (χ3v) is 2.37. The minimum Gasteiger partial charge on any atom is -0.300 e. The van der Waals surface area contributed by atoms with Crippen molar-refractivity contribution in [3.05, 3.63) is 0 Å². The van der Waals surface area contributed by atoms with Crippen LogP contribution in [0, 0.1) is 11.8 Å². The number of hydrogen-bond acceptors (Lipinski definition) is 1. The van der Waals surface area contributed by atoms with Crippen molar-refractivity contribution in [1.82, 2.24) is 0 Å².